The number of aromatic nitrogens is 3. The van der Waals surface area contributed by atoms with E-state index in [1.165, 1.54) is 24.8 Å². The van der Waals surface area contributed by atoms with Crippen molar-refractivity contribution in [3.8, 4) is 5.69 Å². The first-order valence-electron chi connectivity index (χ1n) is 11.3. The van der Waals surface area contributed by atoms with Gasteiger partial charge in [0.05, 0.1) is 11.4 Å². The Kier molecular flexibility index (Phi) is 6.25. The molecular formula is C23H32N6O2. The van der Waals surface area contributed by atoms with Crippen LogP contribution >= 0.6 is 0 Å². The number of nitrogens with zero attached hydrogens (tertiary/aromatic N) is 5. The second-order valence-electron chi connectivity index (χ2n) is 8.78. The van der Waals surface area contributed by atoms with Crippen LogP contribution < -0.4 is 5.32 Å². The molecule has 2 aromatic rings. The fraction of sp³-hybridized carbons (Fsp3) is 0.565. The monoisotopic (exact) mass is 424 g/mol. The quantitative estimate of drug-likeness (QED) is 0.821. The van der Waals surface area contributed by atoms with Crippen LogP contribution in [0.15, 0.2) is 18.2 Å². The highest BCUT2D eigenvalue weighted by molar-refractivity contribution is 5.93. The van der Waals surface area contributed by atoms with Gasteiger partial charge < -0.3 is 15.1 Å². The number of aryl methyl sites for hydroxylation is 3. The van der Waals surface area contributed by atoms with Crippen LogP contribution in [0.25, 0.3) is 5.69 Å². The lowest BCUT2D eigenvalue weighted by atomic mass is 9.96. The molecule has 1 aromatic carbocycles. The Morgan fingerprint density at radius 3 is 2.29 bits per heavy atom. The summed E-state index contributed by atoms with van der Waals surface area (Å²) >= 11 is 0. The van der Waals surface area contributed by atoms with Gasteiger partial charge in [-0.3, -0.25) is 4.79 Å². The SMILES string of the molecule is Cc1ccc(-n2nc(C)c(C(=O)N3CCN(C(=O)NC4CCCCC4)CC3)n2)c(C)c1. The number of urea groups is 1. The number of benzene rings is 1. The molecule has 0 unspecified atom stereocenters. The molecule has 4 rings (SSSR count). The third-order valence-electron chi connectivity index (χ3n) is 6.34. The van der Waals surface area contributed by atoms with E-state index in [1.807, 2.05) is 37.8 Å². The van der Waals surface area contributed by atoms with Gasteiger partial charge in [0.15, 0.2) is 5.69 Å². The van der Waals surface area contributed by atoms with Crippen molar-refractivity contribution in [3.63, 3.8) is 0 Å². The molecule has 2 heterocycles. The van der Waals surface area contributed by atoms with Crippen molar-refractivity contribution in [1.82, 2.24) is 30.1 Å². The van der Waals surface area contributed by atoms with Gasteiger partial charge >= 0.3 is 6.03 Å². The van der Waals surface area contributed by atoms with Crippen LogP contribution in [-0.2, 0) is 0 Å². The highest BCUT2D eigenvalue weighted by atomic mass is 16.2. The summed E-state index contributed by atoms with van der Waals surface area (Å²) < 4.78 is 0. The summed E-state index contributed by atoms with van der Waals surface area (Å²) in [5.74, 6) is -0.124. The molecule has 1 saturated heterocycles. The van der Waals surface area contributed by atoms with E-state index in [-0.39, 0.29) is 11.9 Å². The number of rotatable bonds is 3. The van der Waals surface area contributed by atoms with E-state index in [0.717, 1.165) is 24.1 Å². The fourth-order valence-electron chi connectivity index (χ4n) is 4.49. The molecule has 2 aliphatic rings. The van der Waals surface area contributed by atoms with Crippen molar-refractivity contribution < 1.29 is 9.59 Å². The number of piperazine rings is 1. The first-order valence-corrected chi connectivity index (χ1v) is 11.3. The molecule has 166 valence electrons. The van der Waals surface area contributed by atoms with E-state index in [2.05, 4.69) is 21.6 Å². The average Bonchev–Trinajstić information content (AvgIpc) is 3.15. The van der Waals surface area contributed by atoms with Gasteiger partial charge in [-0.25, -0.2) is 4.79 Å². The Morgan fingerprint density at radius 2 is 1.61 bits per heavy atom. The fourth-order valence-corrected chi connectivity index (χ4v) is 4.49. The molecule has 0 bridgehead atoms. The van der Waals surface area contributed by atoms with E-state index >= 15 is 0 Å². The Balaban J connectivity index is 1.37. The molecule has 3 amide bonds. The summed E-state index contributed by atoms with van der Waals surface area (Å²) in [6.45, 7) is 7.96. The second kappa shape index (κ2) is 9.08. The Labute approximate surface area is 183 Å². The van der Waals surface area contributed by atoms with Crippen LogP contribution in [-0.4, -0.2) is 69.0 Å². The molecule has 1 saturated carbocycles. The Morgan fingerprint density at radius 1 is 0.935 bits per heavy atom. The van der Waals surface area contributed by atoms with Gasteiger partial charge in [-0.1, -0.05) is 37.0 Å². The summed E-state index contributed by atoms with van der Waals surface area (Å²) in [5.41, 5.74) is 4.10. The number of hydrogen-bond acceptors (Lipinski definition) is 4. The normalized spacial score (nSPS) is 17.6. The molecule has 1 aliphatic carbocycles. The standard InChI is InChI=1S/C23H32N6O2/c1-16-9-10-20(17(2)15-16)29-25-18(3)21(26-29)22(30)27-11-13-28(14-12-27)23(31)24-19-7-5-4-6-8-19/h9-10,15,19H,4-8,11-14H2,1-3H3,(H,24,31). The van der Waals surface area contributed by atoms with E-state index in [9.17, 15) is 9.59 Å². The van der Waals surface area contributed by atoms with Crippen molar-refractivity contribution in [2.45, 2.75) is 58.9 Å². The number of carbonyl (C=O) groups is 2. The Hall–Kier alpha value is -2.90. The first kappa shape index (κ1) is 21.3. The number of amides is 3. The number of hydrogen-bond donors (Lipinski definition) is 1. The zero-order valence-corrected chi connectivity index (χ0v) is 18.7. The van der Waals surface area contributed by atoms with E-state index in [1.54, 1.807) is 9.70 Å². The predicted octanol–water partition coefficient (Wildman–Crippen LogP) is 2.99. The molecule has 0 spiro atoms. The minimum Gasteiger partial charge on any atom is -0.335 e. The van der Waals surface area contributed by atoms with Gasteiger partial charge in [0.25, 0.3) is 5.91 Å². The van der Waals surface area contributed by atoms with Crippen LogP contribution in [0.5, 0.6) is 0 Å². The van der Waals surface area contributed by atoms with Crippen molar-refractivity contribution in [2.75, 3.05) is 26.2 Å². The molecule has 8 nitrogen and oxygen atoms in total. The molecule has 2 fully saturated rings. The summed E-state index contributed by atoms with van der Waals surface area (Å²) in [7, 11) is 0. The summed E-state index contributed by atoms with van der Waals surface area (Å²) in [6, 6.07) is 6.36. The lowest BCUT2D eigenvalue weighted by Crippen LogP contribution is -2.54. The topological polar surface area (TPSA) is 83.4 Å². The maximum Gasteiger partial charge on any atom is 0.317 e. The maximum absolute atomic E-state index is 13.1. The van der Waals surface area contributed by atoms with E-state index in [4.69, 9.17) is 0 Å². The van der Waals surface area contributed by atoms with Crippen molar-refractivity contribution in [2.24, 2.45) is 0 Å². The highest BCUT2D eigenvalue weighted by Gasteiger charge is 2.29. The van der Waals surface area contributed by atoms with E-state index in [0.29, 0.717) is 43.6 Å². The van der Waals surface area contributed by atoms with Gasteiger partial charge in [-0.05, 0) is 45.2 Å². The molecule has 1 aromatic heterocycles. The van der Waals surface area contributed by atoms with Gasteiger partial charge in [0, 0.05) is 32.2 Å². The van der Waals surface area contributed by atoms with Crippen molar-refractivity contribution in [3.05, 3.63) is 40.7 Å². The van der Waals surface area contributed by atoms with Gasteiger partial charge in [-0.15, -0.1) is 5.10 Å². The summed E-state index contributed by atoms with van der Waals surface area (Å²) in [6.07, 6.45) is 5.78. The molecule has 31 heavy (non-hydrogen) atoms. The van der Waals surface area contributed by atoms with Gasteiger partial charge in [-0.2, -0.15) is 9.90 Å². The summed E-state index contributed by atoms with van der Waals surface area (Å²) in [5, 5.41) is 12.1. The zero-order valence-electron chi connectivity index (χ0n) is 18.7. The second-order valence-corrected chi connectivity index (χ2v) is 8.78. The zero-order chi connectivity index (χ0) is 22.0. The minimum absolute atomic E-state index is 0.00373. The Bertz CT molecular complexity index is 955. The van der Waals surface area contributed by atoms with Crippen LogP contribution in [0.1, 0.15) is 59.4 Å². The summed E-state index contributed by atoms with van der Waals surface area (Å²) in [4.78, 5) is 30.8. The predicted molar refractivity (Wildman–Crippen MR) is 118 cm³/mol. The van der Waals surface area contributed by atoms with Gasteiger partial charge in [0.2, 0.25) is 0 Å². The third-order valence-corrected chi connectivity index (χ3v) is 6.34. The lowest BCUT2D eigenvalue weighted by molar-refractivity contribution is 0.0655. The van der Waals surface area contributed by atoms with Crippen LogP contribution in [0.2, 0.25) is 0 Å². The van der Waals surface area contributed by atoms with Crippen molar-refractivity contribution >= 4 is 11.9 Å². The van der Waals surface area contributed by atoms with Crippen LogP contribution in [0.3, 0.4) is 0 Å². The minimum atomic E-state index is -0.124. The molecule has 8 heteroatoms. The molecule has 0 radical (unpaired) electrons. The third kappa shape index (κ3) is 4.73. The van der Waals surface area contributed by atoms with Crippen molar-refractivity contribution in [1.29, 1.82) is 0 Å². The molecular weight excluding hydrogens is 392 g/mol. The average molecular weight is 425 g/mol. The molecule has 1 N–H and O–H groups in total. The van der Waals surface area contributed by atoms with E-state index < -0.39 is 0 Å². The number of carbonyl (C=O) groups excluding carboxylic acids is 2. The smallest absolute Gasteiger partial charge is 0.317 e. The van der Waals surface area contributed by atoms with Gasteiger partial charge in [0.1, 0.15) is 0 Å². The highest BCUT2D eigenvalue weighted by Crippen LogP contribution is 2.19. The first-order chi connectivity index (χ1) is 14.9. The van der Waals surface area contributed by atoms with Crippen LogP contribution in [0, 0.1) is 20.8 Å². The molecule has 1 aliphatic heterocycles. The van der Waals surface area contributed by atoms with Crippen LogP contribution in [0.4, 0.5) is 4.79 Å². The lowest BCUT2D eigenvalue weighted by Gasteiger charge is -2.35. The maximum atomic E-state index is 13.1. The number of nitrogens with one attached hydrogen (secondary N) is 1. The molecule has 0 atom stereocenters. The largest absolute Gasteiger partial charge is 0.335 e.